The molecule has 5 nitrogen and oxygen atoms in total. The van der Waals surface area contributed by atoms with Gasteiger partial charge in [-0.2, -0.15) is 0 Å². The van der Waals surface area contributed by atoms with Crippen LogP contribution in [0.2, 0.25) is 0 Å². The van der Waals surface area contributed by atoms with Gasteiger partial charge in [-0.1, -0.05) is 18.2 Å². The Labute approximate surface area is 135 Å². The average Bonchev–Trinajstić information content (AvgIpc) is 2.94. The van der Waals surface area contributed by atoms with Crippen molar-refractivity contribution in [2.45, 2.75) is 24.8 Å². The number of nitrogens with zero attached hydrogens (tertiary/aromatic N) is 2. The van der Waals surface area contributed by atoms with E-state index < -0.39 is 0 Å². The number of hydrogen-bond donors (Lipinski definition) is 1. The van der Waals surface area contributed by atoms with Crippen LogP contribution in [0.15, 0.2) is 41.7 Å². The second kappa shape index (κ2) is 5.26. The van der Waals surface area contributed by atoms with Crippen LogP contribution in [0.5, 0.6) is 5.75 Å². The van der Waals surface area contributed by atoms with E-state index in [1.165, 1.54) is 16.7 Å². The summed E-state index contributed by atoms with van der Waals surface area (Å²) in [6, 6.07) is 8.77. The number of amidine groups is 1. The standard InChI is InChI=1S/C18H19N3O2/c1-22-14-7-13(9-20-10-14)15-4-2-3-12-5-6-18(8-16(12)15)11-23-17(19)21-18/h2-4,7,9-10H,5-6,8,11H2,1H3,(H2,19,21). The van der Waals surface area contributed by atoms with Crippen molar-refractivity contribution in [2.24, 2.45) is 10.7 Å². The van der Waals surface area contributed by atoms with Gasteiger partial charge in [-0.15, -0.1) is 0 Å². The number of benzene rings is 1. The molecule has 2 aliphatic rings. The fraction of sp³-hybridized carbons (Fsp3) is 0.333. The maximum absolute atomic E-state index is 5.75. The third-order valence-corrected chi connectivity index (χ3v) is 4.73. The topological polar surface area (TPSA) is 69.7 Å². The molecule has 0 amide bonds. The Morgan fingerprint density at radius 3 is 3.00 bits per heavy atom. The molecule has 1 spiro atoms. The fourth-order valence-corrected chi connectivity index (χ4v) is 3.54. The number of pyridine rings is 1. The second-order valence-electron chi connectivity index (χ2n) is 6.20. The lowest BCUT2D eigenvalue weighted by molar-refractivity contribution is 0.235. The predicted molar refractivity (Wildman–Crippen MR) is 88.6 cm³/mol. The summed E-state index contributed by atoms with van der Waals surface area (Å²) in [5, 5.41) is 0. The Morgan fingerprint density at radius 2 is 2.22 bits per heavy atom. The monoisotopic (exact) mass is 309 g/mol. The zero-order valence-electron chi connectivity index (χ0n) is 13.1. The van der Waals surface area contributed by atoms with Crippen LogP contribution in [-0.4, -0.2) is 30.3 Å². The van der Waals surface area contributed by atoms with Crippen molar-refractivity contribution in [1.82, 2.24) is 4.98 Å². The molecule has 0 fully saturated rings. The van der Waals surface area contributed by atoms with E-state index in [1.807, 2.05) is 12.3 Å². The van der Waals surface area contributed by atoms with Crippen molar-refractivity contribution in [2.75, 3.05) is 13.7 Å². The predicted octanol–water partition coefficient (Wildman–Crippen LogP) is 2.33. The van der Waals surface area contributed by atoms with E-state index in [4.69, 9.17) is 15.2 Å². The third-order valence-electron chi connectivity index (χ3n) is 4.73. The van der Waals surface area contributed by atoms with Crippen LogP contribution in [0, 0.1) is 0 Å². The van der Waals surface area contributed by atoms with Gasteiger partial charge in [0.1, 0.15) is 17.9 Å². The molecule has 2 aromatic rings. The van der Waals surface area contributed by atoms with Crippen molar-refractivity contribution in [3.63, 3.8) is 0 Å². The Balaban J connectivity index is 1.79. The van der Waals surface area contributed by atoms with E-state index in [2.05, 4.69) is 28.2 Å². The highest BCUT2D eigenvalue weighted by Crippen LogP contribution is 2.39. The van der Waals surface area contributed by atoms with Crippen molar-refractivity contribution < 1.29 is 9.47 Å². The Morgan fingerprint density at radius 1 is 1.30 bits per heavy atom. The first-order valence-corrected chi connectivity index (χ1v) is 7.77. The van der Waals surface area contributed by atoms with Crippen LogP contribution in [0.1, 0.15) is 17.5 Å². The normalized spacial score (nSPS) is 22.4. The molecule has 1 aliphatic carbocycles. The van der Waals surface area contributed by atoms with E-state index in [0.717, 1.165) is 30.6 Å². The van der Waals surface area contributed by atoms with E-state index in [0.29, 0.717) is 12.6 Å². The smallest absolute Gasteiger partial charge is 0.282 e. The molecule has 5 heteroatoms. The maximum atomic E-state index is 5.75. The quantitative estimate of drug-likeness (QED) is 0.924. The summed E-state index contributed by atoms with van der Waals surface area (Å²) in [4.78, 5) is 8.86. The minimum absolute atomic E-state index is 0.209. The lowest BCUT2D eigenvalue weighted by Crippen LogP contribution is -2.35. The number of aryl methyl sites for hydroxylation is 1. The molecule has 0 saturated carbocycles. The molecule has 2 heterocycles. The van der Waals surface area contributed by atoms with Gasteiger partial charge >= 0.3 is 0 Å². The molecular formula is C18H19N3O2. The summed E-state index contributed by atoms with van der Waals surface area (Å²) in [6.07, 6.45) is 6.40. The van der Waals surface area contributed by atoms with Gasteiger partial charge in [0.15, 0.2) is 0 Å². The van der Waals surface area contributed by atoms with Crippen LogP contribution in [0.3, 0.4) is 0 Å². The lowest BCUT2D eigenvalue weighted by atomic mass is 9.76. The molecule has 0 saturated heterocycles. The molecule has 23 heavy (non-hydrogen) atoms. The highest BCUT2D eigenvalue weighted by molar-refractivity contribution is 5.75. The van der Waals surface area contributed by atoms with Crippen LogP contribution >= 0.6 is 0 Å². The van der Waals surface area contributed by atoms with Crippen molar-refractivity contribution >= 4 is 6.02 Å². The fourth-order valence-electron chi connectivity index (χ4n) is 3.54. The Kier molecular flexibility index (Phi) is 3.22. The molecule has 0 bridgehead atoms. The van der Waals surface area contributed by atoms with E-state index in [9.17, 15) is 0 Å². The molecule has 118 valence electrons. The van der Waals surface area contributed by atoms with Gasteiger partial charge in [-0.3, -0.25) is 4.98 Å². The van der Waals surface area contributed by atoms with Crippen molar-refractivity contribution in [3.8, 4) is 16.9 Å². The highest BCUT2D eigenvalue weighted by atomic mass is 16.5. The molecule has 1 aliphatic heterocycles. The molecule has 1 aromatic carbocycles. The summed E-state index contributed by atoms with van der Waals surface area (Å²) < 4.78 is 10.7. The molecule has 2 N–H and O–H groups in total. The van der Waals surface area contributed by atoms with Crippen LogP contribution in [0.4, 0.5) is 0 Å². The van der Waals surface area contributed by atoms with Crippen molar-refractivity contribution in [1.29, 1.82) is 0 Å². The van der Waals surface area contributed by atoms with E-state index in [1.54, 1.807) is 13.3 Å². The SMILES string of the molecule is COc1cncc(-c2cccc3c2CC2(CC3)COC(N)=N2)c1. The first-order valence-electron chi connectivity index (χ1n) is 7.77. The average molecular weight is 309 g/mol. The molecule has 1 unspecified atom stereocenters. The number of aliphatic imine (C=N–C) groups is 1. The summed E-state index contributed by atoms with van der Waals surface area (Å²) in [7, 11) is 1.66. The minimum atomic E-state index is -0.209. The molecule has 1 atom stereocenters. The zero-order valence-corrected chi connectivity index (χ0v) is 13.1. The second-order valence-corrected chi connectivity index (χ2v) is 6.20. The van der Waals surface area contributed by atoms with Gasteiger partial charge in [-0.05, 0) is 35.6 Å². The minimum Gasteiger partial charge on any atom is -0.495 e. The van der Waals surface area contributed by atoms with Gasteiger partial charge in [-0.25, -0.2) is 4.99 Å². The van der Waals surface area contributed by atoms with Gasteiger partial charge < -0.3 is 15.2 Å². The first kappa shape index (κ1) is 14.1. The largest absolute Gasteiger partial charge is 0.495 e. The van der Waals surface area contributed by atoms with Crippen LogP contribution < -0.4 is 10.5 Å². The highest BCUT2D eigenvalue weighted by Gasteiger charge is 2.40. The summed E-state index contributed by atoms with van der Waals surface area (Å²) in [5.41, 5.74) is 10.5. The van der Waals surface area contributed by atoms with Crippen LogP contribution in [0.25, 0.3) is 11.1 Å². The summed E-state index contributed by atoms with van der Waals surface area (Å²) in [6.45, 7) is 0.572. The number of aromatic nitrogens is 1. The van der Waals surface area contributed by atoms with Crippen LogP contribution in [-0.2, 0) is 17.6 Å². The Hall–Kier alpha value is -2.56. The molecule has 0 radical (unpaired) electrons. The van der Waals surface area contributed by atoms with E-state index in [-0.39, 0.29) is 5.54 Å². The first-order chi connectivity index (χ1) is 11.2. The van der Waals surface area contributed by atoms with Gasteiger partial charge in [0.25, 0.3) is 6.02 Å². The number of hydrogen-bond acceptors (Lipinski definition) is 5. The Bertz CT molecular complexity index is 788. The summed E-state index contributed by atoms with van der Waals surface area (Å²) >= 11 is 0. The lowest BCUT2D eigenvalue weighted by Gasteiger charge is -2.31. The molecular weight excluding hydrogens is 290 g/mol. The molecule has 4 rings (SSSR count). The zero-order chi connectivity index (χ0) is 15.9. The number of ether oxygens (including phenoxy) is 2. The van der Waals surface area contributed by atoms with Gasteiger partial charge in [0.05, 0.1) is 13.3 Å². The summed E-state index contributed by atoms with van der Waals surface area (Å²) in [5.74, 6) is 0.761. The van der Waals surface area contributed by atoms with E-state index >= 15 is 0 Å². The van der Waals surface area contributed by atoms with Gasteiger partial charge in [0, 0.05) is 18.2 Å². The number of fused-ring (bicyclic) bond motifs is 1. The van der Waals surface area contributed by atoms with Crippen molar-refractivity contribution in [3.05, 3.63) is 47.8 Å². The number of rotatable bonds is 2. The van der Waals surface area contributed by atoms with Gasteiger partial charge in [0.2, 0.25) is 0 Å². The molecule has 1 aromatic heterocycles. The maximum Gasteiger partial charge on any atom is 0.282 e. The third kappa shape index (κ3) is 2.42. The number of nitrogens with two attached hydrogens (primary N) is 1. The number of methoxy groups -OCH3 is 1.